The van der Waals surface area contributed by atoms with Gasteiger partial charge >= 0.3 is 0 Å². The van der Waals surface area contributed by atoms with Crippen molar-refractivity contribution in [2.75, 3.05) is 13.1 Å². The normalized spacial score (nSPS) is 16.9. The van der Waals surface area contributed by atoms with Crippen molar-refractivity contribution in [2.45, 2.75) is 51.5 Å². The summed E-state index contributed by atoms with van der Waals surface area (Å²) in [5.74, 6) is 0. The summed E-state index contributed by atoms with van der Waals surface area (Å²) < 4.78 is 2.18. The van der Waals surface area contributed by atoms with Gasteiger partial charge in [0, 0.05) is 12.6 Å². The predicted molar refractivity (Wildman–Crippen MR) is 75.7 cm³/mol. The van der Waals surface area contributed by atoms with Crippen molar-refractivity contribution in [1.29, 1.82) is 0 Å². The van der Waals surface area contributed by atoms with E-state index in [1.54, 1.807) is 0 Å². The quantitative estimate of drug-likeness (QED) is 0.593. The van der Waals surface area contributed by atoms with Crippen LogP contribution < -0.4 is 5.32 Å². The molecule has 3 heteroatoms. The number of nitrogens with zero attached hydrogens (tertiary/aromatic N) is 2. The maximum Gasteiger partial charge on any atom is 0.0662 e. The van der Waals surface area contributed by atoms with Gasteiger partial charge < -0.3 is 5.32 Å². The first-order valence-corrected chi connectivity index (χ1v) is 7.30. The van der Waals surface area contributed by atoms with Crippen LogP contribution in [0.25, 0.3) is 0 Å². The Balaban J connectivity index is 1.72. The summed E-state index contributed by atoms with van der Waals surface area (Å²) in [6, 6.07) is 2.82. The highest BCUT2D eigenvalue weighted by molar-refractivity contribution is 5.05. The Morgan fingerprint density at radius 1 is 1.39 bits per heavy atom. The number of aromatic nitrogens is 2. The number of rotatable bonds is 7. The van der Waals surface area contributed by atoms with Crippen LogP contribution in [0.1, 0.15) is 50.8 Å². The zero-order valence-corrected chi connectivity index (χ0v) is 11.4. The van der Waals surface area contributed by atoms with Gasteiger partial charge in [-0.1, -0.05) is 31.9 Å². The zero-order valence-electron chi connectivity index (χ0n) is 11.4. The first-order chi connectivity index (χ1) is 8.90. The van der Waals surface area contributed by atoms with E-state index in [0.29, 0.717) is 6.04 Å². The van der Waals surface area contributed by atoms with Gasteiger partial charge in [-0.15, -0.1) is 0 Å². The fourth-order valence-electron chi connectivity index (χ4n) is 2.54. The average molecular weight is 247 g/mol. The first kappa shape index (κ1) is 13.3. The first-order valence-electron chi connectivity index (χ1n) is 7.30. The molecule has 0 bridgehead atoms. The van der Waals surface area contributed by atoms with Crippen LogP contribution in [0, 0.1) is 0 Å². The molecule has 0 atom stereocenters. The van der Waals surface area contributed by atoms with Crippen LogP contribution in [-0.4, -0.2) is 22.9 Å². The van der Waals surface area contributed by atoms with Gasteiger partial charge in [0.15, 0.2) is 0 Å². The van der Waals surface area contributed by atoms with Gasteiger partial charge in [0.25, 0.3) is 0 Å². The summed E-state index contributed by atoms with van der Waals surface area (Å²) >= 11 is 0. The molecule has 1 heterocycles. The van der Waals surface area contributed by atoms with Gasteiger partial charge in [0.2, 0.25) is 0 Å². The lowest BCUT2D eigenvalue weighted by Crippen LogP contribution is -2.12. The smallest absolute Gasteiger partial charge is 0.0662 e. The molecule has 2 rings (SSSR count). The zero-order chi connectivity index (χ0) is 12.6. The van der Waals surface area contributed by atoms with Gasteiger partial charge in [-0.05, 0) is 38.4 Å². The minimum Gasteiger partial charge on any atom is -0.317 e. The van der Waals surface area contributed by atoms with E-state index in [4.69, 9.17) is 0 Å². The van der Waals surface area contributed by atoms with E-state index >= 15 is 0 Å². The van der Waals surface area contributed by atoms with E-state index in [9.17, 15) is 0 Å². The van der Waals surface area contributed by atoms with Gasteiger partial charge in [-0.2, -0.15) is 5.10 Å². The van der Waals surface area contributed by atoms with Crippen LogP contribution in [0.3, 0.4) is 0 Å². The highest BCUT2D eigenvalue weighted by Crippen LogP contribution is 2.28. The Bertz CT molecular complexity index is 362. The van der Waals surface area contributed by atoms with Crippen LogP contribution in [0.2, 0.25) is 0 Å². The lowest BCUT2D eigenvalue weighted by molar-refractivity contribution is 0.464. The topological polar surface area (TPSA) is 29.9 Å². The van der Waals surface area contributed by atoms with Crippen LogP contribution in [-0.2, 0) is 6.42 Å². The summed E-state index contributed by atoms with van der Waals surface area (Å²) in [6.07, 6.45) is 14.0. The van der Waals surface area contributed by atoms with Gasteiger partial charge in [-0.25, -0.2) is 0 Å². The summed E-state index contributed by atoms with van der Waals surface area (Å²) in [6.45, 7) is 4.27. The molecule has 1 aromatic heterocycles. The molecule has 1 aliphatic carbocycles. The highest BCUT2D eigenvalue weighted by Gasteiger charge is 2.17. The Kier molecular flexibility index (Phi) is 5.46. The third kappa shape index (κ3) is 3.98. The van der Waals surface area contributed by atoms with Crippen molar-refractivity contribution in [2.24, 2.45) is 0 Å². The van der Waals surface area contributed by atoms with Crippen molar-refractivity contribution in [3.8, 4) is 0 Å². The van der Waals surface area contributed by atoms with Crippen molar-refractivity contribution in [3.05, 3.63) is 30.1 Å². The molecule has 1 saturated carbocycles. The molecule has 0 aromatic carbocycles. The maximum absolute atomic E-state index is 4.68. The van der Waals surface area contributed by atoms with E-state index in [-0.39, 0.29) is 0 Å². The van der Waals surface area contributed by atoms with E-state index < -0.39 is 0 Å². The molecule has 100 valence electrons. The standard InChI is InChI=1S/C15H25N3/c1-2-16-12-7-3-4-8-14-11-13-18(17-14)15-9-5-6-10-15/h3-4,11,13,15-16H,2,5-10,12H2,1H3. The van der Waals surface area contributed by atoms with Crippen molar-refractivity contribution < 1.29 is 0 Å². The van der Waals surface area contributed by atoms with Crippen molar-refractivity contribution in [3.63, 3.8) is 0 Å². The summed E-state index contributed by atoms with van der Waals surface area (Å²) in [4.78, 5) is 0. The highest BCUT2D eigenvalue weighted by atomic mass is 15.3. The molecule has 0 saturated heterocycles. The van der Waals surface area contributed by atoms with E-state index in [1.165, 1.54) is 31.4 Å². The largest absolute Gasteiger partial charge is 0.317 e. The van der Waals surface area contributed by atoms with Crippen LogP contribution in [0.5, 0.6) is 0 Å². The summed E-state index contributed by atoms with van der Waals surface area (Å²) in [5.41, 5.74) is 1.20. The second-order valence-corrected chi connectivity index (χ2v) is 5.04. The Morgan fingerprint density at radius 3 is 3.00 bits per heavy atom. The SMILES string of the molecule is CCNCCC=CCc1ccn(C2CCCC2)n1. The van der Waals surface area contributed by atoms with E-state index in [1.807, 2.05) is 0 Å². The second-order valence-electron chi connectivity index (χ2n) is 5.04. The molecule has 3 nitrogen and oxygen atoms in total. The molecule has 1 fully saturated rings. The van der Waals surface area contributed by atoms with Gasteiger partial charge in [0.1, 0.15) is 0 Å². The molecule has 0 unspecified atom stereocenters. The predicted octanol–water partition coefficient (Wildman–Crippen LogP) is 3.10. The third-order valence-corrected chi connectivity index (χ3v) is 3.59. The lowest BCUT2D eigenvalue weighted by Gasteiger charge is -2.08. The lowest BCUT2D eigenvalue weighted by atomic mass is 10.2. The molecule has 1 aliphatic rings. The molecule has 1 aromatic rings. The molecule has 0 spiro atoms. The number of hydrogen-bond donors (Lipinski definition) is 1. The monoisotopic (exact) mass is 247 g/mol. The molecule has 0 amide bonds. The Morgan fingerprint density at radius 2 is 2.22 bits per heavy atom. The van der Waals surface area contributed by atoms with E-state index in [0.717, 1.165) is 25.9 Å². The molecule has 0 radical (unpaired) electrons. The molecule has 18 heavy (non-hydrogen) atoms. The minimum absolute atomic E-state index is 0.663. The molecular formula is C15H25N3. The summed E-state index contributed by atoms with van der Waals surface area (Å²) in [5, 5.41) is 7.99. The van der Waals surface area contributed by atoms with Crippen LogP contribution in [0.15, 0.2) is 24.4 Å². The summed E-state index contributed by atoms with van der Waals surface area (Å²) in [7, 11) is 0. The number of allylic oxidation sites excluding steroid dienone is 1. The Hall–Kier alpha value is -1.09. The van der Waals surface area contributed by atoms with Crippen LogP contribution in [0.4, 0.5) is 0 Å². The fourth-order valence-corrected chi connectivity index (χ4v) is 2.54. The fraction of sp³-hybridized carbons (Fsp3) is 0.667. The molecule has 0 aliphatic heterocycles. The van der Waals surface area contributed by atoms with Crippen molar-refractivity contribution >= 4 is 0 Å². The second kappa shape index (κ2) is 7.37. The molecule has 1 N–H and O–H groups in total. The van der Waals surface area contributed by atoms with Gasteiger partial charge in [-0.3, -0.25) is 4.68 Å². The minimum atomic E-state index is 0.663. The number of nitrogens with one attached hydrogen (secondary N) is 1. The van der Waals surface area contributed by atoms with Gasteiger partial charge in [0.05, 0.1) is 11.7 Å². The van der Waals surface area contributed by atoms with Crippen LogP contribution >= 0.6 is 0 Å². The number of hydrogen-bond acceptors (Lipinski definition) is 2. The molecular weight excluding hydrogens is 222 g/mol. The third-order valence-electron chi connectivity index (χ3n) is 3.59. The van der Waals surface area contributed by atoms with Crippen molar-refractivity contribution in [1.82, 2.24) is 15.1 Å². The average Bonchev–Trinajstić information content (AvgIpc) is 3.03. The maximum atomic E-state index is 4.68. The van der Waals surface area contributed by atoms with E-state index in [2.05, 4.69) is 46.4 Å². The Labute approximate surface area is 110 Å².